The molecule has 3 heterocycles. The molecule has 2 aliphatic heterocycles. The third-order valence-corrected chi connectivity index (χ3v) is 5.93. The Bertz CT molecular complexity index is 783. The number of hydrogen-bond donors (Lipinski definition) is 4. The Hall–Kier alpha value is -2.38. The van der Waals surface area contributed by atoms with Crippen LogP contribution < -0.4 is 11.1 Å². The number of hydrogen-bond acceptors (Lipinski definition) is 10. The van der Waals surface area contributed by atoms with Gasteiger partial charge in [0.25, 0.3) is 5.91 Å². The molecule has 2 saturated heterocycles. The third kappa shape index (κ3) is 3.08. The van der Waals surface area contributed by atoms with Crippen LogP contribution in [0.1, 0.15) is 5.69 Å². The number of aliphatic hydroxyl groups is 1. The van der Waals surface area contributed by atoms with Crippen molar-refractivity contribution in [3.8, 4) is 0 Å². The van der Waals surface area contributed by atoms with Crippen LogP contribution in [0.4, 0.5) is 5.13 Å². The molecule has 0 aromatic carbocycles. The molecule has 0 bridgehead atoms. The van der Waals surface area contributed by atoms with Gasteiger partial charge in [0.1, 0.15) is 24.2 Å². The van der Waals surface area contributed by atoms with E-state index < -0.39 is 41.3 Å². The molecule has 26 heavy (non-hydrogen) atoms. The molecule has 1 aromatic heterocycles. The monoisotopic (exact) mass is 401 g/mol. The van der Waals surface area contributed by atoms with Crippen molar-refractivity contribution in [2.75, 3.05) is 18.6 Å². The van der Waals surface area contributed by atoms with Crippen molar-refractivity contribution in [1.29, 1.82) is 0 Å². The van der Waals surface area contributed by atoms with Gasteiger partial charge in [-0.15, -0.1) is 23.1 Å². The zero-order valence-electron chi connectivity index (χ0n) is 13.4. The number of aliphatic hydroxyl groups excluding tert-OH is 1. The minimum absolute atomic E-state index is 0.138. The third-order valence-electron chi connectivity index (χ3n) is 3.88. The number of carboxylic acids is 1. The van der Waals surface area contributed by atoms with Crippen LogP contribution in [0.15, 0.2) is 10.5 Å². The minimum Gasteiger partial charge on any atom is -0.480 e. The number of nitrogens with one attached hydrogen (secondary N) is 1. The van der Waals surface area contributed by atoms with Crippen LogP contribution in [-0.4, -0.2) is 80.0 Å². The van der Waals surface area contributed by atoms with Crippen LogP contribution in [0.25, 0.3) is 0 Å². The Balaban J connectivity index is 1.75. The second-order valence-corrected chi connectivity index (χ2v) is 7.50. The van der Waals surface area contributed by atoms with Gasteiger partial charge in [0.05, 0.1) is 6.10 Å². The summed E-state index contributed by atoms with van der Waals surface area (Å²) in [5.74, 6) is -2.44. The maximum absolute atomic E-state index is 12.5. The Morgan fingerprint density at radius 1 is 1.54 bits per heavy atom. The number of rotatable bonds is 5. The lowest BCUT2D eigenvalue weighted by Crippen LogP contribution is -2.77. The number of amides is 2. The number of carbonyl (C=O) groups excluding carboxylic acids is 2. The summed E-state index contributed by atoms with van der Waals surface area (Å²) in [6, 6.07) is -2.26. The molecule has 2 amide bonds. The van der Waals surface area contributed by atoms with Gasteiger partial charge in [-0.1, -0.05) is 5.16 Å². The predicted molar refractivity (Wildman–Crippen MR) is 92.5 cm³/mol. The predicted octanol–water partition coefficient (Wildman–Crippen LogP) is -1.71. The Kier molecular flexibility index (Phi) is 5.02. The molecule has 5 N–H and O–H groups in total. The number of carbonyl (C=O) groups is 3. The van der Waals surface area contributed by atoms with Crippen LogP contribution in [0.3, 0.4) is 0 Å². The number of carboxylic acid groups (broad SMARTS) is 1. The second-order valence-electron chi connectivity index (χ2n) is 5.46. The number of aromatic nitrogens is 1. The number of nitrogens with two attached hydrogens (primary N) is 1. The van der Waals surface area contributed by atoms with E-state index in [4.69, 9.17) is 5.73 Å². The highest BCUT2D eigenvalue weighted by molar-refractivity contribution is 8.00. The molecule has 2 aliphatic rings. The van der Waals surface area contributed by atoms with Crippen LogP contribution in [0.2, 0.25) is 0 Å². The fraction of sp³-hybridized carbons (Fsp3) is 0.462. The van der Waals surface area contributed by atoms with Crippen molar-refractivity contribution in [2.45, 2.75) is 23.6 Å². The van der Waals surface area contributed by atoms with Gasteiger partial charge in [-0.05, 0) is 0 Å². The number of aliphatic carboxylic acids is 1. The smallest absolute Gasteiger partial charge is 0.329 e. The standard InChI is InChI=1S/C13H15N5O6S2/c1-24-17-6(4-2-26-13(14)15-4)9(20)16-7-10(21)18-8(12(22)23)5(19)3-25-11(7)18/h2,5,7-8,11,19H,3H2,1H3,(H2,14,15)(H,16,20)(H,22,23)/b17-6-/t5?,7-,8?,11-/m1/s1. The van der Waals surface area contributed by atoms with Crippen molar-refractivity contribution in [1.82, 2.24) is 15.2 Å². The van der Waals surface area contributed by atoms with E-state index in [0.29, 0.717) is 0 Å². The number of nitrogens with zero attached hydrogens (tertiary/aromatic N) is 3. The summed E-state index contributed by atoms with van der Waals surface area (Å²) in [4.78, 5) is 45.8. The minimum atomic E-state index is -1.33. The van der Waals surface area contributed by atoms with Crippen molar-refractivity contribution in [3.05, 3.63) is 11.1 Å². The number of thioether (sulfide) groups is 1. The lowest BCUT2D eigenvalue weighted by Gasteiger charge is -2.53. The number of nitrogen functional groups attached to an aromatic ring is 1. The zero-order chi connectivity index (χ0) is 19.0. The summed E-state index contributed by atoms with van der Waals surface area (Å²) in [5, 5.41) is 26.4. The Morgan fingerprint density at radius 3 is 2.85 bits per heavy atom. The quantitative estimate of drug-likeness (QED) is 0.255. The summed E-state index contributed by atoms with van der Waals surface area (Å²) in [6.45, 7) is 0. The maximum Gasteiger partial charge on any atom is 0.329 e. The molecule has 11 nitrogen and oxygen atoms in total. The first-order valence-electron chi connectivity index (χ1n) is 7.33. The van der Waals surface area contributed by atoms with Crippen molar-refractivity contribution >= 4 is 51.7 Å². The van der Waals surface area contributed by atoms with Gasteiger partial charge in [-0.25, -0.2) is 9.78 Å². The molecular formula is C13H15N5O6S2. The van der Waals surface area contributed by atoms with E-state index >= 15 is 0 Å². The molecule has 0 saturated carbocycles. The molecule has 4 atom stereocenters. The van der Waals surface area contributed by atoms with Crippen molar-refractivity contribution in [3.63, 3.8) is 0 Å². The van der Waals surface area contributed by atoms with Gasteiger partial charge < -0.3 is 31.0 Å². The number of anilines is 1. The van der Waals surface area contributed by atoms with Crippen LogP contribution in [0.5, 0.6) is 0 Å². The SMILES string of the molecule is CO/N=C(\C(=O)N[C@@H]1C(=O)N2C(C(=O)O)C(O)CS[C@H]12)c1csc(N)n1. The summed E-state index contributed by atoms with van der Waals surface area (Å²) in [5.41, 5.74) is 5.60. The molecule has 1 aromatic rings. The summed E-state index contributed by atoms with van der Waals surface area (Å²) < 4.78 is 0. The summed E-state index contributed by atoms with van der Waals surface area (Å²) in [6.07, 6.45) is -1.17. The first-order valence-corrected chi connectivity index (χ1v) is 9.26. The van der Waals surface area contributed by atoms with Crippen molar-refractivity contribution < 1.29 is 29.4 Å². The van der Waals surface area contributed by atoms with Crippen LogP contribution in [0, 0.1) is 0 Å². The van der Waals surface area contributed by atoms with E-state index in [1.807, 2.05) is 0 Å². The van der Waals surface area contributed by atoms with Gasteiger partial charge in [0.15, 0.2) is 16.9 Å². The molecular weight excluding hydrogens is 386 g/mol. The number of thiazole rings is 1. The molecule has 3 rings (SSSR count). The fourth-order valence-corrected chi connectivity index (χ4v) is 4.65. The highest BCUT2D eigenvalue weighted by Crippen LogP contribution is 2.38. The van der Waals surface area contributed by atoms with Gasteiger partial charge in [-0.3, -0.25) is 9.59 Å². The summed E-state index contributed by atoms with van der Waals surface area (Å²) in [7, 11) is 1.26. The normalized spacial score (nSPS) is 28.2. The highest BCUT2D eigenvalue weighted by Gasteiger charge is 2.57. The van der Waals surface area contributed by atoms with E-state index in [1.165, 1.54) is 24.3 Å². The molecule has 2 unspecified atom stereocenters. The first kappa shape index (κ1) is 18.4. The van der Waals surface area contributed by atoms with E-state index in [0.717, 1.165) is 16.2 Å². The average Bonchev–Trinajstić information content (AvgIpc) is 3.02. The average molecular weight is 401 g/mol. The molecule has 140 valence electrons. The molecule has 13 heteroatoms. The second kappa shape index (κ2) is 7.09. The van der Waals surface area contributed by atoms with Crippen molar-refractivity contribution in [2.24, 2.45) is 5.16 Å². The van der Waals surface area contributed by atoms with E-state index in [2.05, 4.69) is 20.3 Å². The fourth-order valence-electron chi connectivity index (χ4n) is 2.75. The Morgan fingerprint density at radius 2 is 2.27 bits per heavy atom. The molecule has 0 radical (unpaired) electrons. The van der Waals surface area contributed by atoms with Crippen LogP contribution >= 0.6 is 23.1 Å². The largest absolute Gasteiger partial charge is 0.480 e. The number of oxime groups is 1. The lowest BCUT2D eigenvalue weighted by atomic mass is 9.99. The van der Waals surface area contributed by atoms with E-state index in [1.54, 1.807) is 0 Å². The molecule has 0 aliphatic carbocycles. The number of β-lactam (4-membered cyclic amide) rings is 1. The topological polar surface area (TPSA) is 167 Å². The maximum atomic E-state index is 12.5. The van der Waals surface area contributed by atoms with Gasteiger partial charge in [-0.2, -0.15) is 0 Å². The highest BCUT2D eigenvalue weighted by atomic mass is 32.2. The summed E-state index contributed by atoms with van der Waals surface area (Å²) >= 11 is 2.31. The lowest BCUT2D eigenvalue weighted by molar-refractivity contribution is -0.167. The first-order chi connectivity index (χ1) is 12.3. The van der Waals surface area contributed by atoms with Crippen LogP contribution in [-0.2, 0) is 19.2 Å². The Labute approximate surface area is 155 Å². The molecule has 2 fully saturated rings. The molecule has 0 spiro atoms. The number of fused-ring (bicyclic) bond motifs is 1. The van der Waals surface area contributed by atoms with Gasteiger partial charge in [0, 0.05) is 11.1 Å². The van der Waals surface area contributed by atoms with E-state index in [-0.39, 0.29) is 22.3 Å². The van der Waals surface area contributed by atoms with Gasteiger partial charge >= 0.3 is 5.97 Å². The van der Waals surface area contributed by atoms with E-state index in [9.17, 15) is 24.6 Å². The van der Waals surface area contributed by atoms with Gasteiger partial charge in [0.2, 0.25) is 5.91 Å². The zero-order valence-corrected chi connectivity index (χ0v) is 15.0.